The predicted molar refractivity (Wildman–Crippen MR) is 75.0 cm³/mol. The SMILES string of the molecule is COc1cc(F)ccc1NC(=O)c1ccc(Br)c(F)c1. The summed E-state index contributed by atoms with van der Waals surface area (Å²) in [6.07, 6.45) is 0. The second-order valence-corrected chi connectivity index (χ2v) is 4.78. The van der Waals surface area contributed by atoms with Crippen LogP contribution in [-0.2, 0) is 0 Å². The molecule has 0 saturated heterocycles. The van der Waals surface area contributed by atoms with Crippen LogP contribution >= 0.6 is 15.9 Å². The average molecular weight is 342 g/mol. The number of carbonyl (C=O) groups excluding carboxylic acids is 1. The van der Waals surface area contributed by atoms with Crippen molar-refractivity contribution in [2.45, 2.75) is 0 Å². The van der Waals surface area contributed by atoms with Gasteiger partial charge in [-0.3, -0.25) is 4.79 Å². The van der Waals surface area contributed by atoms with Crippen molar-refractivity contribution in [3.05, 3.63) is 58.1 Å². The molecule has 0 atom stereocenters. The van der Waals surface area contributed by atoms with Crippen LogP contribution in [0.4, 0.5) is 14.5 Å². The van der Waals surface area contributed by atoms with Crippen molar-refractivity contribution in [1.82, 2.24) is 0 Å². The van der Waals surface area contributed by atoms with E-state index in [1.807, 2.05) is 0 Å². The minimum Gasteiger partial charge on any atom is -0.494 e. The summed E-state index contributed by atoms with van der Waals surface area (Å²) in [6, 6.07) is 7.74. The standard InChI is InChI=1S/C14H10BrF2NO2/c1-20-13-7-9(16)3-5-12(13)18-14(19)8-2-4-10(15)11(17)6-8/h2-7H,1H3,(H,18,19). The topological polar surface area (TPSA) is 38.3 Å². The first-order chi connectivity index (χ1) is 9.51. The van der Waals surface area contributed by atoms with Crippen molar-refractivity contribution in [3.63, 3.8) is 0 Å². The van der Waals surface area contributed by atoms with Gasteiger partial charge in [-0.05, 0) is 46.3 Å². The Bertz CT molecular complexity index is 662. The fourth-order valence-corrected chi connectivity index (χ4v) is 1.85. The molecule has 0 radical (unpaired) electrons. The lowest BCUT2D eigenvalue weighted by molar-refractivity contribution is 0.102. The highest BCUT2D eigenvalue weighted by Crippen LogP contribution is 2.26. The summed E-state index contributed by atoms with van der Waals surface area (Å²) >= 11 is 3.01. The van der Waals surface area contributed by atoms with Gasteiger partial charge in [-0.15, -0.1) is 0 Å². The Hall–Kier alpha value is -1.95. The fraction of sp³-hybridized carbons (Fsp3) is 0.0714. The molecule has 2 aromatic rings. The van der Waals surface area contributed by atoms with Gasteiger partial charge in [-0.2, -0.15) is 0 Å². The van der Waals surface area contributed by atoms with Crippen LogP contribution < -0.4 is 10.1 Å². The van der Waals surface area contributed by atoms with Crippen LogP contribution in [0.15, 0.2) is 40.9 Å². The molecule has 1 amide bonds. The number of rotatable bonds is 3. The van der Waals surface area contributed by atoms with Crippen LogP contribution in [0.3, 0.4) is 0 Å². The first kappa shape index (κ1) is 14.5. The van der Waals surface area contributed by atoms with Gasteiger partial charge in [0.25, 0.3) is 5.91 Å². The monoisotopic (exact) mass is 341 g/mol. The zero-order chi connectivity index (χ0) is 14.7. The van der Waals surface area contributed by atoms with Crippen LogP contribution in [-0.4, -0.2) is 13.0 Å². The highest BCUT2D eigenvalue weighted by atomic mass is 79.9. The molecule has 0 bridgehead atoms. The number of halogens is 3. The summed E-state index contributed by atoms with van der Waals surface area (Å²) < 4.78 is 31.7. The fourth-order valence-electron chi connectivity index (χ4n) is 1.60. The third-order valence-corrected chi connectivity index (χ3v) is 3.24. The van der Waals surface area contributed by atoms with Crippen LogP contribution in [0.5, 0.6) is 5.75 Å². The van der Waals surface area contributed by atoms with Gasteiger partial charge in [0.2, 0.25) is 0 Å². The zero-order valence-electron chi connectivity index (χ0n) is 10.4. The molecule has 2 aromatic carbocycles. The molecule has 0 aliphatic rings. The van der Waals surface area contributed by atoms with E-state index in [9.17, 15) is 13.6 Å². The molecular formula is C14H10BrF2NO2. The second-order valence-electron chi connectivity index (χ2n) is 3.93. The summed E-state index contributed by atoms with van der Waals surface area (Å²) in [5.41, 5.74) is 0.458. The second kappa shape index (κ2) is 6.00. The number of anilines is 1. The van der Waals surface area contributed by atoms with Crippen molar-refractivity contribution in [2.24, 2.45) is 0 Å². The summed E-state index contributed by atoms with van der Waals surface area (Å²) in [7, 11) is 1.36. The molecule has 6 heteroatoms. The molecule has 3 nitrogen and oxygen atoms in total. The van der Waals surface area contributed by atoms with Gasteiger partial charge < -0.3 is 10.1 Å². The van der Waals surface area contributed by atoms with Gasteiger partial charge in [-0.25, -0.2) is 8.78 Å². The maximum Gasteiger partial charge on any atom is 0.255 e. The van der Waals surface area contributed by atoms with E-state index < -0.39 is 17.5 Å². The minimum atomic E-state index is -0.538. The van der Waals surface area contributed by atoms with Gasteiger partial charge in [0.05, 0.1) is 17.3 Å². The molecule has 0 aliphatic carbocycles. The Morgan fingerprint density at radius 1 is 1.20 bits per heavy atom. The van der Waals surface area contributed by atoms with E-state index in [1.165, 1.54) is 31.4 Å². The molecule has 0 aliphatic heterocycles. The molecule has 0 fully saturated rings. The average Bonchev–Trinajstić information content (AvgIpc) is 2.43. The lowest BCUT2D eigenvalue weighted by atomic mass is 10.2. The first-order valence-corrected chi connectivity index (χ1v) is 6.40. The molecule has 20 heavy (non-hydrogen) atoms. The Labute approximate surface area is 122 Å². The van der Waals surface area contributed by atoms with E-state index in [1.54, 1.807) is 0 Å². The highest BCUT2D eigenvalue weighted by Gasteiger charge is 2.12. The number of benzene rings is 2. The Morgan fingerprint density at radius 3 is 2.60 bits per heavy atom. The summed E-state index contributed by atoms with van der Waals surface area (Å²) in [5, 5.41) is 2.54. The Balaban J connectivity index is 2.25. The maximum atomic E-state index is 13.4. The van der Waals surface area contributed by atoms with Crippen LogP contribution in [0, 0.1) is 11.6 Å². The quantitative estimate of drug-likeness (QED) is 0.916. The van der Waals surface area contributed by atoms with Gasteiger partial charge in [-0.1, -0.05) is 0 Å². The lowest BCUT2D eigenvalue weighted by Crippen LogP contribution is -2.13. The van der Waals surface area contributed by atoms with E-state index in [4.69, 9.17) is 4.74 Å². The van der Waals surface area contributed by atoms with Gasteiger partial charge in [0.15, 0.2) is 0 Å². The van der Waals surface area contributed by atoms with Crippen molar-refractivity contribution in [2.75, 3.05) is 12.4 Å². The molecule has 0 saturated carbocycles. The number of nitrogens with one attached hydrogen (secondary N) is 1. The number of hydrogen-bond donors (Lipinski definition) is 1. The van der Waals surface area contributed by atoms with Crippen LogP contribution in [0.25, 0.3) is 0 Å². The van der Waals surface area contributed by atoms with E-state index >= 15 is 0 Å². The number of carbonyl (C=O) groups is 1. The molecule has 0 aromatic heterocycles. The van der Waals surface area contributed by atoms with E-state index in [-0.39, 0.29) is 15.8 Å². The van der Waals surface area contributed by atoms with E-state index in [0.29, 0.717) is 5.69 Å². The minimum absolute atomic E-state index is 0.150. The van der Waals surface area contributed by atoms with Crippen molar-refractivity contribution < 1.29 is 18.3 Å². The van der Waals surface area contributed by atoms with Crippen molar-refractivity contribution in [1.29, 1.82) is 0 Å². The third-order valence-electron chi connectivity index (χ3n) is 2.59. The van der Waals surface area contributed by atoms with Crippen molar-refractivity contribution >= 4 is 27.5 Å². The largest absolute Gasteiger partial charge is 0.494 e. The van der Waals surface area contributed by atoms with Gasteiger partial charge in [0.1, 0.15) is 17.4 Å². The first-order valence-electron chi connectivity index (χ1n) is 5.61. The van der Waals surface area contributed by atoms with Crippen LogP contribution in [0.1, 0.15) is 10.4 Å². The normalized spacial score (nSPS) is 10.2. The Kier molecular flexibility index (Phi) is 4.34. The summed E-state index contributed by atoms with van der Waals surface area (Å²) in [6.45, 7) is 0. The molecule has 2 rings (SSSR count). The van der Waals surface area contributed by atoms with E-state index in [2.05, 4.69) is 21.2 Å². The molecule has 0 spiro atoms. The van der Waals surface area contributed by atoms with Gasteiger partial charge >= 0.3 is 0 Å². The highest BCUT2D eigenvalue weighted by molar-refractivity contribution is 9.10. The zero-order valence-corrected chi connectivity index (χ0v) is 12.0. The third kappa shape index (κ3) is 3.14. The van der Waals surface area contributed by atoms with Crippen molar-refractivity contribution in [3.8, 4) is 5.75 Å². The Morgan fingerprint density at radius 2 is 1.95 bits per heavy atom. The summed E-state index contributed by atoms with van der Waals surface area (Å²) in [4.78, 5) is 12.0. The molecule has 1 N–H and O–H groups in total. The number of amides is 1. The number of methoxy groups -OCH3 is 1. The van der Waals surface area contributed by atoms with Gasteiger partial charge in [0, 0.05) is 11.6 Å². The number of hydrogen-bond acceptors (Lipinski definition) is 2. The summed E-state index contributed by atoms with van der Waals surface area (Å²) in [5.74, 6) is -1.34. The van der Waals surface area contributed by atoms with Crippen LogP contribution in [0.2, 0.25) is 0 Å². The molecular weight excluding hydrogens is 332 g/mol. The van der Waals surface area contributed by atoms with E-state index in [0.717, 1.165) is 12.1 Å². The lowest BCUT2D eigenvalue weighted by Gasteiger charge is -2.10. The smallest absolute Gasteiger partial charge is 0.255 e. The molecule has 104 valence electrons. The number of ether oxygens (including phenoxy) is 1. The molecule has 0 unspecified atom stereocenters. The predicted octanol–water partition coefficient (Wildman–Crippen LogP) is 3.99. The maximum absolute atomic E-state index is 13.4. The molecule has 0 heterocycles.